The number of rotatable bonds is 1. The molecule has 100 valence electrons. The van der Waals surface area contributed by atoms with Gasteiger partial charge in [0.1, 0.15) is 0 Å². The van der Waals surface area contributed by atoms with Crippen molar-refractivity contribution in [2.45, 2.75) is 31.6 Å². The summed E-state index contributed by atoms with van der Waals surface area (Å²) in [4.78, 5) is 14.7. The molecule has 0 aliphatic heterocycles. The van der Waals surface area contributed by atoms with E-state index >= 15 is 0 Å². The van der Waals surface area contributed by atoms with E-state index in [9.17, 15) is 18.0 Å². The van der Waals surface area contributed by atoms with Crippen molar-refractivity contribution in [1.82, 2.24) is 4.98 Å². The van der Waals surface area contributed by atoms with E-state index < -0.39 is 22.9 Å². The minimum absolute atomic E-state index is 0.154. The van der Waals surface area contributed by atoms with Crippen LogP contribution in [0.15, 0.2) is 16.9 Å². The van der Waals surface area contributed by atoms with Gasteiger partial charge in [0.15, 0.2) is 22.9 Å². The molecule has 1 aliphatic rings. The minimum atomic E-state index is -1.55. The predicted molar refractivity (Wildman–Crippen MR) is 65.7 cm³/mol. The van der Waals surface area contributed by atoms with Gasteiger partial charge in [0.25, 0.3) is 0 Å². The van der Waals surface area contributed by atoms with E-state index in [-0.39, 0.29) is 16.8 Å². The Kier molecular flexibility index (Phi) is 2.84. The summed E-state index contributed by atoms with van der Waals surface area (Å²) < 4.78 is 40.1. The van der Waals surface area contributed by atoms with E-state index in [1.165, 1.54) is 6.07 Å². The molecule has 19 heavy (non-hydrogen) atoms. The predicted octanol–water partition coefficient (Wildman–Crippen LogP) is 3.60. The Hall–Kier alpha value is -1.78. The molecule has 0 atom stereocenters. The zero-order valence-corrected chi connectivity index (χ0v) is 10.1. The first-order chi connectivity index (χ1) is 9.08. The number of aromatic nitrogens is 1. The van der Waals surface area contributed by atoms with Crippen molar-refractivity contribution in [3.05, 3.63) is 45.5 Å². The summed E-state index contributed by atoms with van der Waals surface area (Å²) in [6.07, 6.45) is 3.97. The van der Waals surface area contributed by atoms with Crippen LogP contribution in [0.25, 0.3) is 10.9 Å². The summed E-state index contributed by atoms with van der Waals surface area (Å²) in [6, 6.07) is 2.11. The summed E-state index contributed by atoms with van der Waals surface area (Å²) in [5.41, 5.74) is -0.110. The fourth-order valence-electron chi connectivity index (χ4n) is 2.77. The molecule has 1 heterocycles. The second kappa shape index (κ2) is 4.40. The number of H-pyrrole nitrogens is 1. The summed E-state index contributed by atoms with van der Waals surface area (Å²) in [6.45, 7) is 0. The van der Waals surface area contributed by atoms with Crippen LogP contribution < -0.4 is 5.43 Å². The Balaban J connectivity index is 2.27. The lowest BCUT2D eigenvalue weighted by Crippen LogP contribution is -2.10. The lowest BCUT2D eigenvalue weighted by Gasteiger charge is -2.11. The fourth-order valence-corrected chi connectivity index (χ4v) is 2.77. The third-order valence-electron chi connectivity index (χ3n) is 3.78. The van der Waals surface area contributed by atoms with Gasteiger partial charge >= 0.3 is 0 Å². The van der Waals surface area contributed by atoms with Crippen LogP contribution in [-0.4, -0.2) is 4.98 Å². The van der Waals surface area contributed by atoms with Crippen LogP contribution in [0.4, 0.5) is 13.2 Å². The number of nitrogens with one attached hydrogen (secondary N) is 1. The number of benzene rings is 1. The molecule has 0 spiro atoms. The normalized spacial score (nSPS) is 16.4. The van der Waals surface area contributed by atoms with Gasteiger partial charge in [0, 0.05) is 11.8 Å². The van der Waals surface area contributed by atoms with Crippen molar-refractivity contribution in [2.75, 3.05) is 0 Å². The lowest BCUT2D eigenvalue weighted by atomic mass is 10.0. The molecule has 0 amide bonds. The van der Waals surface area contributed by atoms with Crippen molar-refractivity contribution < 1.29 is 13.2 Å². The summed E-state index contributed by atoms with van der Waals surface area (Å²) in [5.74, 6) is -4.05. The molecule has 3 rings (SSSR count). The zero-order valence-electron chi connectivity index (χ0n) is 10.1. The van der Waals surface area contributed by atoms with Gasteiger partial charge in [-0.05, 0) is 24.8 Å². The van der Waals surface area contributed by atoms with Gasteiger partial charge in [-0.2, -0.15) is 0 Å². The summed E-state index contributed by atoms with van der Waals surface area (Å²) in [5, 5.41) is -0.154. The molecule has 5 heteroatoms. The Morgan fingerprint density at radius 1 is 1.05 bits per heavy atom. The molecule has 1 fully saturated rings. The molecule has 0 saturated heterocycles. The monoisotopic (exact) mass is 267 g/mol. The highest BCUT2D eigenvalue weighted by Gasteiger charge is 2.21. The van der Waals surface area contributed by atoms with E-state index in [0.717, 1.165) is 31.7 Å². The third-order valence-corrected chi connectivity index (χ3v) is 3.78. The minimum Gasteiger partial charge on any atom is -0.355 e. The van der Waals surface area contributed by atoms with E-state index in [0.29, 0.717) is 5.69 Å². The number of aromatic amines is 1. The molecule has 2 aromatic rings. The highest BCUT2D eigenvalue weighted by molar-refractivity contribution is 5.79. The maximum atomic E-state index is 13.7. The maximum Gasteiger partial charge on any atom is 0.196 e. The lowest BCUT2D eigenvalue weighted by molar-refractivity contribution is 0.452. The summed E-state index contributed by atoms with van der Waals surface area (Å²) in [7, 11) is 0. The van der Waals surface area contributed by atoms with E-state index in [1.54, 1.807) is 0 Å². The van der Waals surface area contributed by atoms with Gasteiger partial charge in [0.05, 0.1) is 10.9 Å². The first-order valence-electron chi connectivity index (χ1n) is 6.28. The topological polar surface area (TPSA) is 32.9 Å². The molecule has 1 aromatic carbocycles. The Morgan fingerprint density at radius 3 is 2.42 bits per heavy atom. The second-order valence-corrected chi connectivity index (χ2v) is 4.98. The molecule has 0 radical (unpaired) electrons. The highest BCUT2D eigenvalue weighted by atomic mass is 19.2. The molecule has 1 saturated carbocycles. The standard InChI is InChI=1S/C14H12F3NO/c15-9-5-8-11(19)6-10(7-3-1-2-4-7)18-14(8)13(17)12(9)16/h5-7H,1-4H2,(H,18,19). The molecular weight excluding hydrogens is 255 g/mol. The van der Waals surface area contributed by atoms with Crippen LogP contribution in [0.1, 0.15) is 37.3 Å². The van der Waals surface area contributed by atoms with Gasteiger partial charge in [-0.3, -0.25) is 4.79 Å². The van der Waals surface area contributed by atoms with E-state index in [2.05, 4.69) is 4.98 Å². The Labute approximate surface area is 107 Å². The third kappa shape index (κ3) is 1.93. The van der Waals surface area contributed by atoms with Crippen molar-refractivity contribution in [2.24, 2.45) is 0 Å². The van der Waals surface area contributed by atoms with Gasteiger partial charge in [-0.15, -0.1) is 0 Å². The fraction of sp³-hybridized carbons (Fsp3) is 0.357. The van der Waals surface area contributed by atoms with Crippen LogP contribution >= 0.6 is 0 Å². The largest absolute Gasteiger partial charge is 0.355 e. The SMILES string of the molecule is O=c1cc(C2CCCC2)[nH]c2c(F)c(F)c(F)cc12. The number of halogens is 3. The first-order valence-corrected chi connectivity index (χ1v) is 6.28. The number of fused-ring (bicyclic) bond motifs is 1. The van der Waals surface area contributed by atoms with Crippen molar-refractivity contribution in [3.63, 3.8) is 0 Å². The first kappa shape index (κ1) is 12.3. The molecule has 0 bridgehead atoms. The van der Waals surface area contributed by atoms with E-state index in [4.69, 9.17) is 0 Å². The van der Waals surface area contributed by atoms with Crippen LogP contribution in [0.2, 0.25) is 0 Å². The highest BCUT2D eigenvalue weighted by Crippen LogP contribution is 2.33. The Morgan fingerprint density at radius 2 is 1.74 bits per heavy atom. The van der Waals surface area contributed by atoms with Gasteiger partial charge in [-0.1, -0.05) is 12.8 Å². The van der Waals surface area contributed by atoms with Crippen molar-refractivity contribution >= 4 is 10.9 Å². The van der Waals surface area contributed by atoms with Crippen molar-refractivity contribution in [1.29, 1.82) is 0 Å². The van der Waals surface area contributed by atoms with E-state index in [1.807, 2.05) is 0 Å². The van der Waals surface area contributed by atoms with Crippen LogP contribution in [0.5, 0.6) is 0 Å². The zero-order chi connectivity index (χ0) is 13.6. The Bertz CT molecular complexity index is 702. The number of hydrogen-bond donors (Lipinski definition) is 1. The quantitative estimate of drug-likeness (QED) is 0.787. The van der Waals surface area contributed by atoms with Crippen LogP contribution in [0, 0.1) is 17.5 Å². The van der Waals surface area contributed by atoms with Gasteiger partial charge in [0.2, 0.25) is 0 Å². The molecule has 1 aromatic heterocycles. The molecule has 2 nitrogen and oxygen atoms in total. The molecule has 0 unspecified atom stereocenters. The molecular formula is C14H12F3NO. The molecule has 1 aliphatic carbocycles. The van der Waals surface area contributed by atoms with Crippen LogP contribution in [-0.2, 0) is 0 Å². The number of hydrogen-bond acceptors (Lipinski definition) is 1. The van der Waals surface area contributed by atoms with Gasteiger partial charge in [-0.25, -0.2) is 13.2 Å². The smallest absolute Gasteiger partial charge is 0.196 e. The van der Waals surface area contributed by atoms with Crippen LogP contribution in [0.3, 0.4) is 0 Å². The van der Waals surface area contributed by atoms with Crippen molar-refractivity contribution in [3.8, 4) is 0 Å². The average Bonchev–Trinajstić information content (AvgIpc) is 2.91. The average molecular weight is 267 g/mol. The molecule has 1 N–H and O–H groups in total. The van der Waals surface area contributed by atoms with Gasteiger partial charge < -0.3 is 4.98 Å². The number of pyridine rings is 1. The summed E-state index contributed by atoms with van der Waals surface area (Å²) >= 11 is 0. The second-order valence-electron chi connectivity index (χ2n) is 4.98. The maximum absolute atomic E-state index is 13.7.